The molecule has 1 unspecified atom stereocenters. The number of nitrogens with one attached hydrogen (secondary N) is 1. The number of halogens is 1. The van der Waals surface area contributed by atoms with Gasteiger partial charge < -0.3 is 10.8 Å². The number of hydrogen-bond donors (Lipinski definition) is 3. The lowest BCUT2D eigenvalue weighted by atomic mass is 10.1. The fourth-order valence-corrected chi connectivity index (χ4v) is 2.65. The summed E-state index contributed by atoms with van der Waals surface area (Å²) in [4.78, 5) is 0. The molecule has 0 spiro atoms. The number of phenolic OH excluding ortho intramolecular Hbond substituents is 1. The Kier molecular flexibility index (Phi) is 4.98. The Morgan fingerprint density at radius 2 is 1.95 bits per heavy atom. The van der Waals surface area contributed by atoms with Crippen LogP contribution in [0.25, 0.3) is 0 Å². The fourth-order valence-electron chi connectivity index (χ4n) is 1.81. The van der Waals surface area contributed by atoms with Gasteiger partial charge in [-0.05, 0) is 30.7 Å². The molecule has 5 heteroatoms. The van der Waals surface area contributed by atoms with Gasteiger partial charge in [0.25, 0.3) is 0 Å². The monoisotopic (exact) mass is 304 g/mol. The van der Waals surface area contributed by atoms with Crippen molar-refractivity contribution in [3.63, 3.8) is 0 Å². The molecule has 0 aliphatic heterocycles. The van der Waals surface area contributed by atoms with Crippen LogP contribution in [0.4, 0.5) is 4.39 Å². The van der Waals surface area contributed by atoms with Crippen LogP contribution in [-0.4, -0.2) is 15.9 Å². The molecular weight excluding hydrogens is 287 g/mol. The molecule has 0 aromatic heterocycles. The zero-order chi connectivity index (χ0) is 15.4. The van der Waals surface area contributed by atoms with Gasteiger partial charge in [-0.25, -0.2) is 4.39 Å². The molecule has 2 rings (SSSR count). The van der Waals surface area contributed by atoms with Gasteiger partial charge in [0.2, 0.25) is 0 Å². The Morgan fingerprint density at radius 3 is 2.57 bits per heavy atom. The van der Waals surface area contributed by atoms with Gasteiger partial charge in [-0.1, -0.05) is 29.8 Å². The molecule has 2 aromatic carbocycles. The molecule has 2 aromatic rings. The van der Waals surface area contributed by atoms with Crippen molar-refractivity contribution in [3.05, 3.63) is 65.0 Å². The molecule has 0 fully saturated rings. The van der Waals surface area contributed by atoms with Gasteiger partial charge in [0.1, 0.15) is 0 Å². The first-order chi connectivity index (χ1) is 9.97. The first-order valence-electron chi connectivity index (χ1n) is 6.50. The smallest absolute Gasteiger partial charge is 0.165 e. The highest BCUT2D eigenvalue weighted by Gasteiger charge is 2.11. The molecule has 110 valence electrons. The van der Waals surface area contributed by atoms with Gasteiger partial charge in [0.05, 0.1) is 5.04 Å². The summed E-state index contributed by atoms with van der Waals surface area (Å²) in [6, 6.07) is 11.7. The summed E-state index contributed by atoms with van der Waals surface area (Å²) in [5, 5.41) is 17.3. The van der Waals surface area contributed by atoms with E-state index in [9.17, 15) is 4.39 Å². The van der Waals surface area contributed by atoms with Gasteiger partial charge in [-0.3, -0.25) is 5.41 Å². The summed E-state index contributed by atoms with van der Waals surface area (Å²) in [5.74, 6) is -0.599. The molecular formula is C16H17FN2OS. The molecule has 0 amide bonds. The normalized spacial score (nSPS) is 12.1. The van der Waals surface area contributed by atoms with E-state index in [4.69, 9.17) is 16.2 Å². The molecule has 1 atom stereocenters. The molecule has 21 heavy (non-hydrogen) atoms. The minimum Gasteiger partial charge on any atom is -0.505 e. The predicted octanol–water partition coefficient (Wildman–Crippen LogP) is 3.60. The van der Waals surface area contributed by atoms with E-state index in [0.29, 0.717) is 11.3 Å². The minimum absolute atomic E-state index is 0.182. The van der Waals surface area contributed by atoms with Gasteiger partial charge in [-0.15, -0.1) is 11.8 Å². The van der Waals surface area contributed by atoms with Gasteiger partial charge >= 0.3 is 0 Å². The van der Waals surface area contributed by atoms with Crippen LogP contribution in [0, 0.1) is 18.2 Å². The maximum absolute atomic E-state index is 13.3. The van der Waals surface area contributed by atoms with E-state index in [0.717, 1.165) is 11.6 Å². The van der Waals surface area contributed by atoms with Crippen molar-refractivity contribution in [2.75, 3.05) is 5.75 Å². The van der Waals surface area contributed by atoms with Crippen LogP contribution >= 0.6 is 11.8 Å². The number of benzene rings is 2. The molecule has 0 radical (unpaired) electrons. The van der Waals surface area contributed by atoms with Crippen LogP contribution in [0.2, 0.25) is 0 Å². The number of nitrogens with two attached hydrogens (primary N) is 1. The highest BCUT2D eigenvalue weighted by molar-refractivity contribution is 8.14. The van der Waals surface area contributed by atoms with Crippen LogP contribution < -0.4 is 5.73 Å². The predicted molar refractivity (Wildman–Crippen MR) is 85.5 cm³/mol. The number of phenols is 1. The summed E-state index contributed by atoms with van der Waals surface area (Å²) in [7, 11) is 0. The minimum atomic E-state index is -0.722. The van der Waals surface area contributed by atoms with E-state index in [-0.39, 0.29) is 11.1 Å². The highest BCUT2D eigenvalue weighted by Crippen LogP contribution is 2.23. The lowest BCUT2D eigenvalue weighted by Crippen LogP contribution is -2.14. The fraction of sp³-hybridized carbons (Fsp3) is 0.188. The topological polar surface area (TPSA) is 70.1 Å². The number of aryl methyl sites for hydroxylation is 1. The van der Waals surface area contributed by atoms with Gasteiger partial charge in [0.15, 0.2) is 11.6 Å². The van der Waals surface area contributed by atoms with Crippen molar-refractivity contribution in [1.29, 1.82) is 5.41 Å². The molecule has 0 saturated carbocycles. The standard InChI is InChI=1S/C16H17FN2OS/c1-10-2-4-11(5-3-10)14(18)9-21-16(19)12-6-7-15(20)13(17)8-12/h2-8,14,19-20H,9,18H2,1H3. The largest absolute Gasteiger partial charge is 0.505 e. The van der Waals surface area contributed by atoms with Crippen molar-refractivity contribution in [3.8, 4) is 5.75 Å². The van der Waals surface area contributed by atoms with Crippen molar-refractivity contribution < 1.29 is 9.50 Å². The first-order valence-corrected chi connectivity index (χ1v) is 7.48. The van der Waals surface area contributed by atoms with Crippen molar-refractivity contribution in [2.24, 2.45) is 5.73 Å². The van der Waals surface area contributed by atoms with Crippen molar-refractivity contribution in [2.45, 2.75) is 13.0 Å². The van der Waals surface area contributed by atoms with Crippen LogP contribution in [0.15, 0.2) is 42.5 Å². The van der Waals surface area contributed by atoms with Crippen LogP contribution in [0.3, 0.4) is 0 Å². The molecule has 3 nitrogen and oxygen atoms in total. The summed E-state index contributed by atoms with van der Waals surface area (Å²) < 4.78 is 13.3. The SMILES string of the molecule is Cc1ccc(C(N)CSC(=N)c2ccc(O)c(F)c2)cc1. The van der Waals surface area contributed by atoms with E-state index >= 15 is 0 Å². The van der Waals surface area contributed by atoms with Crippen LogP contribution in [0.5, 0.6) is 5.75 Å². The Labute approximate surface area is 127 Å². The molecule has 0 aliphatic rings. The molecule has 0 heterocycles. The van der Waals surface area contributed by atoms with E-state index < -0.39 is 11.6 Å². The summed E-state index contributed by atoms with van der Waals surface area (Å²) in [6.07, 6.45) is 0. The average Bonchev–Trinajstić information content (AvgIpc) is 2.48. The molecule has 0 saturated heterocycles. The number of aromatic hydroxyl groups is 1. The first kappa shape index (κ1) is 15.5. The number of thioether (sulfide) groups is 1. The Bertz CT molecular complexity index is 643. The molecule has 0 aliphatic carbocycles. The number of hydrogen-bond acceptors (Lipinski definition) is 4. The van der Waals surface area contributed by atoms with E-state index in [1.54, 1.807) is 0 Å². The van der Waals surface area contributed by atoms with Crippen molar-refractivity contribution in [1.82, 2.24) is 0 Å². The lowest BCUT2D eigenvalue weighted by molar-refractivity contribution is 0.432. The molecule has 0 bridgehead atoms. The number of rotatable bonds is 4. The van der Waals surface area contributed by atoms with Crippen LogP contribution in [-0.2, 0) is 0 Å². The van der Waals surface area contributed by atoms with E-state index in [2.05, 4.69) is 0 Å². The quantitative estimate of drug-likeness (QED) is 0.597. The Morgan fingerprint density at radius 1 is 1.29 bits per heavy atom. The van der Waals surface area contributed by atoms with Gasteiger partial charge in [0, 0.05) is 17.4 Å². The Hall–Kier alpha value is -1.85. The van der Waals surface area contributed by atoms with E-state index in [1.807, 2.05) is 31.2 Å². The summed E-state index contributed by atoms with van der Waals surface area (Å²) in [6.45, 7) is 2.01. The molecule has 4 N–H and O–H groups in total. The maximum Gasteiger partial charge on any atom is 0.165 e. The Balaban J connectivity index is 1.97. The summed E-state index contributed by atoms with van der Waals surface area (Å²) >= 11 is 1.26. The van der Waals surface area contributed by atoms with Crippen molar-refractivity contribution >= 4 is 16.8 Å². The highest BCUT2D eigenvalue weighted by atomic mass is 32.2. The van der Waals surface area contributed by atoms with E-state index in [1.165, 1.54) is 29.5 Å². The third-order valence-electron chi connectivity index (χ3n) is 3.12. The maximum atomic E-state index is 13.3. The van der Waals surface area contributed by atoms with Gasteiger partial charge in [-0.2, -0.15) is 0 Å². The lowest BCUT2D eigenvalue weighted by Gasteiger charge is -2.12. The second kappa shape index (κ2) is 6.74. The zero-order valence-corrected chi connectivity index (χ0v) is 12.5. The second-order valence-corrected chi connectivity index (χ2v) is 5.85. The summed E-state index contributed by atoms with van der Waals surface area (Å²) in [5.41, 5.74) is 8.71. The zero-order valence-electron chi connectivity index (χ0n) is 11.6. The third-order valence-corrected chi connectivity index (χ3v) is 4.17. The second-order valence-electron chi connectivity index (χ2n) is 4.82. The van der Waals surface area contributed by atoms with Crippen LogP contribution in [0.1, 0.15) is 22.7 Å². The average molecular weight is 304 g/mol. The third kappa shape index (κ3) is 4.06.